The molecule has 2 nitrogen and oxygen atoms in total. The lowest BCUT2D eigenvalue weighted by Gasteiger charge is -2.53. The molecule has 1 aliphatic heterocycles. The van der Waals surface area contributed by atoms with Crippen molar-refractivity contribution in [1.82, 2.24) is 4.90 Å². The number of phenols is 1. The summed E-state index contributed by atoms with van der Waals surface area (Å²) in [4.78, 5) is 2.69. The maximum absolute atomic E-state index is 10.5. The van der Waals surface area contributed by atoms with Crippen LogP contribution < -0.4 is 0 Å². The first-order chi connectivity index (χ1) is 12.3. The molecule has 0 aliphatic carbocycles. The van der Waals surface area contributed by atoms with Crippen LogP contribution in [0.1, 0.15) is 70.4 Å². The Morgan fingerprint density at radius 2 is 1.46 bits per heavy atom. The van der Waals surface area contributed by atoms with E-state index in [1.807, 2.05) is 12.1 Å². The number of hydrogen-bond acceptors (Lipinski definition) is 2. The van der Waals surface area contributed by atoms with E-state index >= 15 is 0 Å². The van der Waals surface area contributed by atoms with Gasteiger partial charge in [-0.15, -0.1) is 0 Å². The summed E-state index contributed by atoms with van der Waals surface area (Å²) in [5, 5.41) is 10.5. The van der Waals surface area contributed by atoms with Gasteiger partial charge in [0.05, 0.1) is 0 Å². The zero-order valence-corrected chi connectivity index (χ0v) is 16.7. The minimum absolute atomic E-state index is 0.214. The highest BCUT2D eigenvalue weighted by Gasteiger charge is 2.41. The predicted octanol–water partition coefficient (Wildman–Crippen LogP) is 5.96. The number of para-hydroxylation sites is 1. The molecule has 1 fully saturated rings. The smallest absolute Gasteiger partial charge is 0.119 e. The molecule has 0 amide bonds. The Labute approximate surface area is 158 Å². The topological polar surface area (TPSA) is 23.5 Å². The van der Waals surface area contributed by atoms with Crippen molar-refractivity contribution in [3.8, 4) is 5.75 Å². The molecule has 1 heterocycles. The average Bonchev–Trinajstić information content (AvgIpc) is 2.59. The molecule has 0 saturated carbocycles. The number of nitrogens with zero attached hydrogens (tertiary/aromatic N) is 1. The van der Waals surface area contributed by atoms with Crippen molar-refractivity contribution < 1.29 is 5.11 Å². The third-order valence-electron chi connectivity index (χ3n) is 6.19. The molecule has 2 heteroatoms. The van der Waals surface area contributed by atoms with E-state index in [1.54, 1.807) is 6.07 Å². The number of benzene rings is 2. The number of piperidine rings is 1. The SMILES string of the molecule is CC1(C)CCCC(C)(C)N1CCC(c1ccccc1)c1ccccc1O. The fourth-order valence-corrected chi connectivity index (χ4v) is 4.88. The van der Waals surface area contributed by atoms with E-state index in [0.29, 0.717) is 5.75 Å². The molecule has 2 aromatic rings. The van der Waals surface area contributed by atoms with Gasteiger partial charge in [0.15, 0.2) is 0 Å². The molecule has 0 bridgehead atoms. The molecule has 1 atom stereocenters. The highest BCUT2D eigenvalue weighted by molar-refractivity contribution is 5.41. The van der Waals surface area contributed by atoms with Crippen molar-refractivity contribution in [3.05, 3.63) is 65.7 Å². The van der Waals surface area contributed by atoms with Crippen LogP contribution in [-0.2, 0) is 0 Å². The lowest BCUT2D eigenvalue weighted by Crippen LogP contribution is -2.58. The highest BCUT2D eigenvalue weighted by Crippen LogP contribution is 2.40. The summed E-state index contributed by atoms with van der Waals surface area (Å²) in [6.07, 6.45) is 4.82. The van der Waals surface area contributed by atoms with Gasteiger partial charge >= 0.3 is 0 Å². The summed E-state index contributed by atoms with van der Waals surface area (Å²) in [6, 6.07) is 18.4. The quantitative estimate of drug-likeness (QED) is 0.718. The van der Waals surface area contributed by atoms with Gasteiger partial charge in [0, 0.05) is 29.1 Å². The molecular formula is C24H33NO. The van der Waals surface area contributed by atoms with Crippen LogP contribution in [-0.4, -0.2) is 27.6 Å². The minimum Gasteiger partial charge on any atom is -0.508 e. The van der Waals surface area contributed by atoms with Crippen LogP contribution in [0.5, 0.6) is 5.75 Å². The summed E-state index contributed by atoms with van der Waals surface area (Å²) in [5.41, 5.74) is 2.76. The number of aromatic hydroxyl groups is 1. The number of likely N-dealkylation sites (tertiary alicyclic amines) is 1. The molecule has 1 aliphatic rings. The van der Waals surface area contributed by atoms with Gasteiger partial charge in [-0.25, -0.2) is 0 Å². The van der Waals surface area contributed by atoms with Crippen molar-refractivity contribution in [3.63, 3.8) is 0 Å². The van der Waals surface area contributed by atoms with E-state index in [0.717, 1.165) is 18.5 Å². The maximum atomic E-state index is 10.5. The highest BCUT2D eigenvalue weighted by atomic mass is 16.3. The normalized spacial score (nSPS) is 20.6. The van der Waals surface area contributed by atoms with E-state index < -0.39 is 0 Å². The van der Waals surface area contributed by atoms with E-state index in [1.165, 1.54) is 24.8 Å². The Bertz CT molecular complexity index is 704. The summed E-state index contributed by atoms with van der Waals surface area (Å²) in [6.45, 7) is 10.6. The molecule has 3 rings (SSSR count). The number of hydrogen-bond donors (Lipinski definition) is 1. The van der Waals surface area contributed by atoms with Gasteiger partial charge in [-0.05, 0) is 65.0 Å². The summed E-state index contributed by atoms with van der Waals surface area (Å²) < 4.78 is 0. The van der Waals surface area contributed by atoms with Gasteiger partial charge in [0.1, 0.15) is 5.75 Å². The molecular weight excluding hydrogens is 318 g/mol. The molecule has 1 N–H and O–H groups in total. The number of phenolic OH excluding ortho intramolecular Hbond substituents is 1. The first kappa shape index (κ1) is 19.0. The van der Waals surface area contributed by atoms with Crippen LogP contribution in [0.2, 0.25) is 0 Å². The molecule has 140 valence electrons. The van der Waals surface area contributed by atoms with Crippen molar-refractivity contribution >= 4 is 0 Å². The minimum atomic E-state index is 0.214. The van der Waals surface area contributed by atoms with E-state index in [9.17, 15) is 5.11 Å². The van der Waals surface area contributed by atoms with Crippen LogP contribution >= 0.6 is 0 Å². The Balaban J connectivity index is 1.88. The third kappa shape index (κ3) is 3.96. The second-order valence-corrected chi connectivity index (χ2v) is 8.94. The summed E-state index contributed by atoms with van der Waals surface area (Å²) >= 11 is 0. The molecule has 26 heavy (non-hydrogen) atoms. The van der Waals surface area contributed by atoms with E-state index in [2.05, 4.69) is 69.0 Å². The van der Waals surface area contributed by atoms with E-state index in [-0.39, 0.29) is 17.0 Å². The molecule has 2 aromatic carbocycles. The van der Waals surface area contributed by atoms with Gasteiger partial charge in [0.2, 0.25) is 0 Å². The molecule has 0 radical (unpaired) electrons. The van der Waals surface area contributed by atoms with Crippen LogP contribution in [0, 0.1) is 0 Å². The lowest BCUT2D eigenvalue weighted by atomic mass is 9.78. The van der Waals surface area contributed by atoms with Crippen molar-refractivity contribution in [2.24, 2.45) is 0 Å². The Morgan fingerprint density at radius 3 is 2.08 bits per heavy atom. The Morgan fingerprint density at radius 1 is 0.885 bits per heavy atom. The van der Waals surface area contributed by atoms with Crippen molar-refractivity contribution in [2.45, 2.75) is 70.4 Å². The van der Waals surface area contributed by atoms with E-state index in [4.69, 9.17) is 0 Å². The monoisotopic (exact) mass is 351 g/mol. The summed E-state index contributed by atoms with van der Waals surface area (Å²) in [7, 11) is 0. The second kappa shape index (κ2) is 7.44. The Kier molecular flexibility index (Phi) is 5.43. The predicted molar refractivity (Wildman–Crippen MR) is 110 cm³/mol. The van der Waals surface area contributed by atoms with Crippen LogP contribution in [0.3, 0.4) is 0 Å². The largest absolute Gasteiger partial charge is 0.508 e. The summed E-state index contributed by atoms with van der Waals surface area (Å²) in [5.74, 6) is 0.615. The zero-order chi connectivity index (χ0) is 18.8. The molecule has 0 aromatic heterocycles. The van der Waals surface area contributed by atoms with Gasteiger partial charge in [-0.1, -0.05) is 48.5 Å². The van der Waals surface area contributed by atoms with Gasteiger partial charge in [0.25, 0.3) is 0 Å². The van der Waals surface area contributed by atoms with Crippen LogP contribution in [0.4, 0.5) is 0 Å². The lowest BCUT2D eigenvalue weighted by molar-refractivity contribution is -0.0279. The first-order valence-electron chi connectivity index (χ1n) is 9.92. The van der Waals surface area contributed by atoms with Crippen LogP contribution in [0.15, 0.2) is 54.6 Å². The maximum Gasteiger partial charge on any atom is 0.119 e. The molecule has 1 saturated heterocycles. The molecule has 0 spiro atoms. The number of rotatable bonds is 5. The van der Waals surface area contributed by atoms with Crippen LogP contribution in [0.25, 0.3) is 0 Å². The van der Waals surface area contributed by atoms with Gasteiger partial charge < -0.3 is 5.11 Å². The fourth-order valence-electron chi connectivity index (χ4n) is 4.88. The fraction of sp³-hybridized carbons (Fsp3) is 0.500. The van der Waals surface area contributed by atoms with Gasteiger partial charge in [-0.3, -0.25) is 4.90 Å². The van der Waals surface area contributed by atoms with Gasteiger partial charge in [-0.2, -0.15) is 0 Å². The molecule has 1 unspecified atom stereocenters. The van der Waals surface area contributed by atoms with Crippen molar-refractivity contribution in [1.29, 1.82) is 0 Å². The second-order valence-electron chi connectivity index (χ2n) is 8.94. The Hall–Kier alpha value is -1.80. The standard InChI is InChI=1S/C24H33NO/c1-23(2)16-10-17-24(3,4)25(23)18-15-20(19-11-6-5-7-12-19)21-13-8-9-14-22(21)26/h5-9,11-14,20,26H,10,15-18H2,1-4H3. The third-order valence-corrected chi connectivity index (χ3v) is 6.19. The zero-order valence-electron chi connectivity index (χ0n) is 16.7. The average molecular weight is 352 g/mol. The van der Waals surface area contributed by atoms with Crippen molar-refractivity contribution in [2.75, 3.05) is 6.54 Å². The first-order valence-corrected chi connectivity index (χ1v) is 9.92.